The van der Waals surface area contributed by atoms with Gasteiger partial charge in [-0.05, 0) is 0 Å². The maximum absolute atomic E-state index is 10.7. The van der Waals surface area contributed by atoms with Crippen LogP contribution in [-0.2, 0) is 19.0 Å². The van der Waals surface area contributed by atoms with Crippen molar-refractivity contribution < 1.29 is 27.6 Å². The summed E-state index contributed by atoms with van der Waals surface area (Å²) in [5.74, 6) is 0. The Morgan fingerprint density at radius 1 is 1.62 bits per heavy atom. The minimum Gasteiger partial charge on any atom is -0.394 e. The first-order valence-electron chi connectivity index (χ1n) is 3.75. The SMILES string of the molecule is CS(=O)(=O)O[C@@H]1C[C@H](O)O[C@@H]1CO. The van der Waals surface area contributed by atoms with Crippen LogP contribution in [0.15, 0.2) is 0 Å². The predicted octanol–water partition coefficient (Wildman–Crippen LogP) is -1.57. The van der Waals surface area contributed by atoms with Crippen molar-refractivity contribution in [3.05, 3.63) is 0 Å². The minimum absolute atomic E-state index is 0.0539. The molecule has 3 atom stereocenters. The van der Waals surface area contributed by atoms with E-state index in [1.165, 1.54) is 0 Å². The highest BCUT2D eigenvalue weighted by molar-refractivity contribution is 7.86. The van der Waals surface area contributed by atoms with Crippen LogP contribution < -0.4 is 0 Å². The molecule has 7 heteroatoms. The molecule has 1 aliphatic heterocycles. The van der Waals surface area contributed by atoms with E-state index in [0.717, 1.165) is 6.26 Å². The van der Waals surface area contributed by atoms with Gasteiger partial charge in [-0.15, -0.1) is 0 Å². The number of ether oxygens (including phenoxy) is 1. The van der Waals surface area contributed by atoms with Gasteiger partial charge in [-0.3, -0.25) is 4.18 Å². The second-order valence-electron chi connectivity index (χ2n) is 2.89. The second-order valence-corrected chi connectivity index (χ2v) is 4.49. The molecule has 0 aliphatic carbocycles. The van der Waals surface area contributed by atoms with Crippen molar-refractivity contribution in [2.45, 2.75) is 24.9 Å². The Kier molecular flexibility index (Phi) is 3.25. The van der Waals surface area contributed by atoms with Gasteiger partial charge in [0.25, 0.3) is 10.1 Å². The lowest BCUT2D eigenvalue weighted by Crippen LogP contribution is -2.29. The highest BCUT2D eigenvalue weighted by Crippen LogP contribution is 2.22. The fourth-order valence-electron chi connectivity index (χ4n) is 1.18. The second kappa shape index (κ2) is 3.89. The molecule has 0 unspecified atom stereocenters. The molecule has 0 spiro atoms. The van der Waals surface area contributed by atoms with Gasteiger partial charge in [0.2, 0.25) is 0 Å². The zero-order valence-electron chi connectivity index (χ0n) is 7.08. The first-order valence-corrected chi connectivity index (χ1v) is 5.56. The lowest BCUT2D eigenvalue weighted by atomic mass is 10.2. The number of aliphatic hydroxyl groups excluding tert-OH is 2. The van der Waals surface area contributed by atoms with Crippen LogP contribution in [0.1, 0.15) is 6.42 Å². The zero-order chi connectivity index (χ0) is 10.1. The van der Waals surface area contributed by atoms with E-state index in [1.807, 2.05) is 0 Å². The maximum atomic E-state index is 10.7. The molecule has 0 aromatic carbocycles. The molecule has 0 aromatic heterocycles. The Hall–Kier alpha value is -0.210. The molecule has 78 valence electrons. The lowest BCUT2D eigenvalue weighted by molar-refractivity contribution is -0.106. The third-order valence-corrected chi connectivity index (χ3v) is 2.26. The van der Waals surface area contributed by atoms with Crippen LogP contribution in [0.5, 0.6) is 0 Å². The fourth-order valence-corrected chi connectivity index (χ4v) is 1.83. The molecule has 0 saturated carbocycles. The first-order chi connectivity index (χ1) is 5.92. The molecule has 0 bridgehead atoms. The van der Waals surface area contributed by atoms with Gasteiger partial charge in [0.15, 0.2) is 6.29 Å². The Labute approximate surface area is 76.2 Å². The lowest BCUT2D eigenvalue weighted by Gasteiger charge is -2.14. The maximum Gasteiger partial charge on any atom is 0.264 e. The summed E-state index contributed by atoms with van der Waals surface area (Å²) in [6.07, 6.45) is -1.67. The smallest absolute Gasteiger partial charge is 0.264 e. The molecule has 1 fully saturated rings. The highest BCUT2D eigenvalue weighted by Gasteiger charge is 2.36. The summed E-state index contributed by atoms with van der Waals surface area (Å²) in [4.78, 5) is 0. The normalized spacial score (nSPS) is 35.2. The molecule has 1 aliphatic rings. The van der Waals surface area contributed by atoms with Crippen molar-refractivity contribution in [3.63, 3.8) is 0 Å². The van der Waals surface area contributed by atoms with Crippen LogP contribution in [0.2, 0.25) is 0 Å². The van der Waals surface area contributed by atoms with Gasteiger partial charge in [-0.25, -0.2) is 0 Å². The Morgan fingerprint density at radius 3 is 2.69 bits per heavy atom. The zero-order valence-corrected chi connectivity index (χ0v) is 7.90. The van der Waals surface area contributed by atoms with Crippen molar-refractivity contribution in [2.24, 2.45) is 0 Å². The van der Waals surface area contributed by atoms with Crippen molar-refractivity contribution >= 4 is 10.1 Å². The molecule has 6 nitrogen and oxygen atoms in total. The molecule has 1 saturated heterocycles. The van der Waals surface area contributed by atoms with Crippen LogP contribution >= 0.6 is 0 Å². The molecule has 2 N–H and O–H groups in total. The summed E-state index contributed by atoms with van der Waals surface area (Å²) in [5.41, 5.74) is 0. The van der Waals surface area contributed by atoms with Crippen LogP contribution in [0.4, 0.5) is 0 Å². The van der Waals surface area contributed by atoms with Gasteiger partial charge in [0.05, 0.1) is 12.9 Å². The average Bonchev–Trinajstić information content (AvgIpc) is 2.27. The van der Waals surface area contributed by atoms with E-state index < -0.39 is 28.6 Å². The van der Waals surface area contributed by atoms with Crippen molar-refractivity contribution in [1.29, 1.82) is 0 Å². The van der Waals surface area contributed by atoms with Gasteiger partial charge >= 0.3 is 0 Å². The van der Waals surface area contributed by atoms with Gasteiger partial charge in [-0.1, -0.05) is 0 Å². The molecular formula is C6H12O6S. The number of aliphatic hydroxyl groups is 2. The van der Waals surface area contributed by atoms with Gasteiger partial charge in [0, 0.05) is 6.42 Å². The fraction of sp³-hybridized carbons (Fsp3) is 1.00. The van der Waals surface area contributed by atoms with Crippen LogP contribution in [0, 0.1) is 0 Å². The van der Waals surface area contributed by atoms with Crippen LogP contribution in [0.3, 0.4) is 0 Å². The molecule has 0 amide bonds. The summed E-state index contributed by atoms with van der Waals surface area (Å²) in [7, 11) is -3.58. The van der Waals surface area contributed by atoms with Crippen LogP contribution in [-0.4, -0.2) is 50.0 Å². The number of hydrogen-bond donors (Lipinski definition) is 2. The predicted molar refractivity (Wildman–Crippen MR) is 42.3 cm³/mol. The van der Waals surface area contributed by atoms with Gasteiger partial charge in [-0.2, -0.15) is 8.42 Å². The summed E-state index contributed by atoms with van der Waals surface area (Å²) in [5, 5.41) is 17.7. The third kappa shape index (κ3) is 3.20. The Balaban J connectivity index is 2.59. The van der Waals surface area contributed by atoms with E-state index in [4.69, 9.17) is 14.9 Å². The van der Waals surface area contributed by atoms with E-state index in [0.29, 0.717) is 0 Å². The largest absolute Gasteiger partial charge is 0.394 e. The van der Waals surface area contributed by atoms with E-state index in [9.17, 15) is 8.42 Å². The molecule has 1 rings (SSSR count). The number of rotatable bonds is 3. The van der Waals surface area contributed by atoms with E-state index in [1.54, 1.807) is 0 Å². The summed E-state index contributed by atoms with van der Waals surface area (Å²) < 4.78 is 30.8. The topological polar surface area (TPSA) is 93.1 Å². The van der Waals surface area contributed by atoms with Crippen molar-refractivity contribution in [2.75, 3.05) is 12.9 Å². The van der Waals surface area contributed by atoms with Gasteiger partial charge < -0.3 is 14.9 Å². The summed E-state index contributed by atoms with van der Waals surface area (Å²) in [6, 6.07) is 0. The van der Waals surface area contributed by atoms with E-state index in [2.05, 4.69) is 4.18 Å². The Bertz CT molecular complexity index is 260. The molecular weight excluding hydrogens is 200 g/mol. The van der Waals surface area contributed by atoms with Crippen molar-refractivity contribution in [3.8, 4) is 0 Å². The average molecular weight is 212 g/mol. The standard InChI is InChI=1S/C6H12O6S/c1-13(9,10)12-4-2-6(8)11-5(4)3-7/h4-8H,2-3H2,1H3/t4-,5-,6-/m1/s1. The van der Waals surface area contributed by atoms with Crippen molar-refractivity contribution in [1.82, 2.24) is 0 Å². The number of hydrogen-bond acceptors (Lipinski definition) is 6. The monoisotopic (exact) mass is 212 g/mol. The summed E-state index contributed by atoms with van der Waals surface area (Å²) >= 11 is 0. The first kappa shape index (κ1) is 10.9. The molecule has 0 radical (unpaired) electrons. The summed E-state index contributed by atoms with van der Waals surface area (Å²) in [6.45, 7) is -0.378. The van der Waals surface area contributed by atoms with Crippen LogP contribution in [0.25, 0.3) is 0 Å². The molecule has 1 heterocycles. The minimum atomic E-state index is -3.58. The van der Waals surface area contributed by atoms with Gasteiger partial charge in [0.1, 0.15) is 12.2 Å². The molecule has 0 aromatic rings. The highest BCUT2D eigenvalue weighted by atomic mass is 32.2. The quantitative estimate of drug-likeness (QED) is 0.549. The third-order valence-electron chi connectivity index (χ3n) is 1.66. The van der Waals surface area contributed by atoms with E-state index in [-0.39, 0.29) is 13.0 Å². The van der Waals surface area contributed by atoms with E-state index >= 15 is 0 Å². The molecule has 13 heavy (non-hydrogen) atoms. The Morgan fingerprint density at radius 2 is 2.23 bits per heavy atom.